The topological polar surface area (TPSA) is 12.5 Å². The average molecular weight is 269 g/mol. The Morgan fingerprint density at radius 1 is 0.950 bits per heavy atom. The molecule has 20 heavy (non-hydrogen) atoms. The highest BCUT2D eigenvalue weighted by atomic mass is 16.5. The van der Waals surface area contributed by atoms with Crippen LogP contribution in [0.2, 0.25) is 0 Å². The number of anilines is 1. The molecule has 0 aliphatic heterocycles. The number of para-hydroxylation sites is 1. The van der Waals surface area contributed by atoms with Gasteiger partial charge in [-0.05, 0) is 31.0 Å². The van der Waals surface area contributed by atoms with E-state index >= 15 is 0 Å². The van der Waals surface area contributed by atoms with Crippen molar-refractivity contribution in [2.45, 2.75) is 33.1 Å². The molecule has 0 radical (unpaired) electrons. The summed E-state index contributed by atoms with van der Waals surface area (Å²) < 4.78 is 6.02. The zero-order valence-electron chi connectivity index (χ0n) is 12.3. The highest BCUT2D eigenvalue weighted by Gasteiger charge is 2.13. The first-order valence-electron chi connectivity index (χ1n) is 7.28. The Kier molecular flexibility index (Phi) is 5.63. The fourth-order valence-corrected chi connectivity index (χ4v) is 2.26. The van der Waals surface area contributed by atoms with Crippen molar-refractivity contribution >= 4 is 5.69 Å². The first-order valence-corrected chi connectivity index (χ1v) is 7.28. The van der Waals surface area contributed by atoms with Crippen LogP contribution < -0.4 is 4.90 Å². The first kappa shape index (κ1) is 14.6. The van der Waals surface area contributed by atoms with E-state index < -0.39 is 0 Å². The molecule has 0 N–H and O–H groups in total. The maximum absolute atomic E-state index is 6.02. The second kappa shape index (κ2) is 7.71. The zero-order valence-corrected chi connectivity index (χ0v) is 12.3. The molecule has 0 aliphatic rings. The standard InChI is InChI=1S/C18H23NO/c1-3-14-19(18-12-8-5-9-13-18)16(2)20-15-17-10-6-4-7-11-17/h4-13,16H,3,14-15H2,1-2H3. The third kappa shape index (κ3) is 4.10. The summed E-state index contributed by atoms with van der Waals surface area (Å²) >= 11 is 0. The van der Waals surface area contributed by atoms with Crippen LogP contribution in [0.1, 0.15) is 25.8 Å². The molecule has 2 aromatic carbocycles. The molecule has 2 aromatic rings. The predicted octanol–water partition coefficient (Wildman–Crippen LogP) is 4.47. The van der Waals surface area contributed by atoms with Gasteiger partial charge in [0.05, 0.1) is 6.61 Å². The van der Waals surface area contributed by atoms with E-state index in [0.717, 1.165) is 13.0 Å². The summed E-state index contributed by atoms with van der Waals surface area (Å²) in [5, 5.41) is 0. The third-order valence-corrected chi connectivity index (χ3v) is 3.33. The quantitative estimate of drug-likeness (QED) is 0.688. The van der Waals surface area contributed by atoms with Gasteiger partial charge in [-0.3, -0.25) is 0 Å². The summed E-state index contributed by atoms with van der Waals surface area (Å²) in [5.74, 6) is 0. The molecular formula is C18H23NO. The Balaban J connectivity index is 1.99. The monoisotopic (exact) mass is 269 g/mol. The van der Waals surface area contributed by atoms with Crippen molar-refractivity contribution in [3.8, 4) is 0 Å². The second-order valence-corrected chi connectivity index (χ2v) is 4.92. The van der Waals surface area contributed by atoms with Crippen molar-refractivity contribution < 1.29 is 4.74 Å². The number of hydrogen-bond donors (Lipinski definition) is 0. The van der Waals surface area contributed by atoms with E-state index in [2.05, 4.69) is 55.1 Å². The number of rotatable bonds is 7. The van der Waals surface area contributed by atoms with Crippen LogP contribution >= 0.6 is 0 Å². The molecule has 0 saturated heterocycles. The lowest BCUT2D eigenvalue weighted by atomic mass is 10.2. The van der Waals surface area contributed by atoms with E-state index in [1.54, 1.807) is 0 Å². The third-order valence-electron chi connectivity index (χ3n) is 3.33. The summed E-state index contributed by atoms with van der Waals surface area (Å²) in [5.41, 5.74) is 2.43. The van der Waals surface area contributed by atoms with Gasteiger partial charge >= 0.3 is 0 Å². The molecule has 0 amide bonds. The molecule has 1 unspecified atom stereocenters. The average Bonchev–Trinajstić information content (AvgIpc) is 2.52. The van der Waals surface area contributed by atoms with E-state index in [4.69, 9.17) is 4.74 Å². The van der Waals surface area contributed by atoms with Crippen molar-refractivity contribution in [2.24, 2.45) is 0 Å². The number of benzene rings is 2. The fourth-order valence-electron chi connectivity index (χ4n) is 2.26. The number of ether oxygens (including phenoxy) is 1. The van der Waals surface area contributed by atoms with Gasteiger partial charge in [0, 0.05) is 12.2 Å². The Hall–Kier alpha value is -1.80. The van der Waals surface area contributed by atoms with Crippen LogP contribution in [0.25, 0.3) is 0 Å². The highest BCUT2D eigenvalue weighted by Crippen LogP contribution is 2.18. The Labute approximate surface area is 122 Å². The normalized spacial score (nSPS) is 12.1. The van der Waals surface area contributed by atoms with Crippen molar-refractivity contribution in [1.82, 2.24) is 0 Å². The minimum absolute atomic E-state index is 0.0672. The van der Waals surface area contributed by atoms with Gasteiger partial charge in [0.15, 0.2) is 0 Å². The summed E-state index contributed by atoms with van der Waals surface area (Å²) in [6.45, 7) is 5.96. The second-order valence-electron chi connectivity index (χ2n) is 4.92. The van der Waals surface area contributed by atoms with Crippen LogP contribution in [-0.2, 0) is 11.3 Å². The molecule has 2 heteroatoms. The molecule has 2 rings (SSSR count). The van der Waals surface area contributed by atoms with Crippen LogP contribution in [0.3, 0.4) is 0 Å². The van der Waals surface area contributed by atoms with Crippen LogP contribution in [0.15, 0.2) is 60.7 Å². The highest BCUT2D eigenvalue weighted by molar-refractivity contribution is 5.46. The van der Waals surface area contributed by atoms with Gasteiger partial charge in [0.25, 0.3) is 0 Å². The molecule has 106 valence electrons. The van der Waals surface area contributed by atoms with Gasteiger partial charge in [-0.15, -0.1) is 0 Å². The molecule has 0 bridgehead atoms. The largest absolute Gasteiger partial charge is 0.354 e. The van der Waals surface area contributed by atoms with Gasteiger partial charge < -0.3 is 9.64 Å². The molecule has 2 nitrogen and oxygen atoms in total. The lowest BCUT2D eigenvalue weighted by Gasteiger charge is -2.31. The lowest BCUT2D eigenvalue weighted by molar-refractivity contribution is 0.0505. The van der Waals surface area contributed by atoms with Crippen LogP contribution in [0.4, 0.5) is 5.69 Å². The smallest absolute Gasteiger partial charge is 0.127 e. The van der Waals surface area contributed by atoms with Gasteiger partial charge in [0.1, 0.15) is 6.23 Å². The van der Waals surface area contributed by atoms with E-state index in [9.17, 15) is 0 Å². The Morgan fingerprint density at radius 2 is 1.55 bits per heavy atom. The summed E-state index contributed by atoms with van der Waals surface area (Å²) in [6, 6.07) is 20.8. The zero-order chi connectivity index (χ0) is 14.2. The molecule has 0 aliphatic carbocycles. The van der Waals surface area contributed by atoms with Gasteiger partial charge in [-0.1, -0.05) is 55.5 Å². The van der Waals surface area contributed by atoms with E-state index in [1.165, 1.54) is 11.3 Å². The van der Waals surface area contributed by atoms with E-state index in [-0.39, 0.29) is 6.23 Å². The minimum Gasteiger partial charge on any atom is -0.354 e. The predicted molar refractivity (Wildman–Crippen MR) is 84.8 cm³/mol. The van der Waals surface area contributed by atoms with Crippen LogP contribution in [-0.4, -0.2) is 12.8 Å². The van der Waals surface area contributed by atoms with Gasteiger partial charge in [-0.25, -0.2) is 0 Å². The molecule has 0 heterocycles. The molecule has 0 fully saturated rings. The van der Waals surface area contributed by atoms with Crippen LogP contribution in [0, 0.1) is 0 Å². The first-order chi connectivity index (χ1) is 9.81. The molecule has 0 spiro atoms. The maximum atomic E-state index is 6.02. The number of nitrogens with zero attached hydrogens (tertiary/aromatic N) is 1. The van der Waals surface area contributed by atoms with Crippen molar-refractivity contribution in [3.05, 3.63) is 66.2 Å². The van der Waals surface area contributed by atoms with Crippen LogP contribution in [0.5, 0.6) is 0 Å². The summed E-state index contributed by atoms with van der Waals surface area (Å²) in [4.78, 5) is 2.31. The SMILES string of the molecule is CCCN(c1ccccc1)C(C)OCc1ccccc1. The van der Waals surface area contributed by atoms with Gasteiger partial charge in [0.2, 0.25) is 0 Å². The van der Waals surface area contributed by atoms with Gasteiger partial charge in [-0.2, -0.15) is 0 Å². The summed E-state index contributed by atoms with van der Waals surface area (Å²) in [7, 11) is 0. The molecular weight excluding hydrogens is 246 g/mol. The van der Waals surface area contributed by atoms with Crippen molar-refractivity contribution in [1.29, 1.82) is 0 Å². The fraction of sp³-hybridized carbons (Fsp3) is 0.333. The maximum Gasteiger partial charge on any atom is 0.127 e. The molecule has 0 aromatic heterocycles. The molecule has 0 saturated carbocycles. The van der Waals surface area contributed by atoms with Crippen molar-refractivity contribution in [3.63, 3.8) is 0 Å². The van der Waals surface area contributed by atoms with E-state index in [0.29, 0.717) is 6.61 Å². The Bertz CT molecular complexity index is 483. The molecule has 1 atom stereocenters. The number of hydrogen-bond acceptors (Lipinski definition) is 2. The minimum atomic E-state index is 0.0672. The summed E-state index contributed by atoms with van der Waals surface area (Å²) in [6.07, 6.45) is 1.17. The van der Waals surface area contributed by atoms with Crippen molar-refractivity contribution in [2.75, 3.05) is 11.4 Å². The van der Waals surface area contributed by atoms with E-state index in [1.807, 2.05) is 24.3 Å². The Morgan fingerprint density at radius 3 is 2.15 bits per heavy atom. The lowest BCUT2D eigenvalue weighted by Crippen LogP contribution is -2.35.